The molecule has 9 heteroatoms. The molecule has 138 valence electrons. The first-order valence-electron chi connectivity index (χ1n) is 8.24. The lowest BCUT2D eigenvalue weighted by atomic mass is 10.1. The summed E-state index contributed by atoms with van der Waals surface area (Å²) >= 11 is 2.93. The monoisotopic (exact) mass is 400 g/mol. The summed E-state index contributed by atoms with van der Waals surface area (Å²) in [5, 5.41) is 23.2. The highest BCUT2D eigenvalue weighted by Gasteiger charge is 2.21. The van der Waals surface area contributed by atoms with Crippen molar-refractivity contribution in [2.75, 3.05) is 6.26 Å². The van der Waals surface area contributed by atoms with Gasteiger partial charge < -0.3 is 10.1 Å². The summed E-state index contributed by atoms with van der Waals surface area (Å²) in [7, 11) is 0. The summed E-state index contributed by atoms with van der Waals surface area (Å²) in [5.74, 6) is -0.210. The second kappa shape index (κ2) is 6.82. The van der Waals surface area contributed by atoms with Crippen molar-refractivity contribution in [1.82, 2.24) is 9.97 Å². The molecule has 0 fully saturated rings. The Labute approximate surface area is 161 Å². The Morgan fingerprint density at radius 3 is 2.96 bits per heavy atom. The van der Waals surface area contributed by atoms with Crippen molar-refractivity contribution in [3.8, 4) is 5.75 Å². The Bertz CT molecular complexity index is 1160. The van der Waals surface area contributed by atoms with E-state index in [4.69, 9.17) is 0 Å². The molecule has 0 amide bonds. The molecule has 0 saturated heterocycles. The third kappa shape index (κ3) is 3.13. The van der Waals surface area contributed by atoms with Crippen molar-refractivity contribution in [1.29, 1.82) is 0 Å². The Hall–Kier alpha value is -2.65. The highest BCUT2D eigenvalue weighted by molar-refractivity contribution is 8.07. The standard InChI is InChI=1S/C18H15N3O4S2/c1-26-14(8-9-5-6-12(22)11(7-9)21(24)25)16-19-17(23)15-10-3-2-4-13(10)27-18(15)20-16/h5-8,22H,2-4H2,1H3,(H,19,20,23)/p-1/b14-8-. The van der Waals surface area contributed by atoms with Crippen molar-refractivity contribution in [2.45, 2.75) is 19.3 Å². The Morgan fingerprint density at radius 2 is 2.22 bits per heavy atom. The number of nitro benzene ring substituents is 1. The molecule has 0 saturated carbocycles. The first-order valence-corrected chi connectivity index (χ1v) is 10.3. The number of nitro groups is 1. The van der Waals surface area contributed by atoms with Crippen LogP contribution in [-0.2, 0) is 12.8 Å². The van der Waals surface area contributed by atoms with Gasteiger partial charge in [-0.25, -0.2) is 4.98 Å². The number of thioether (sulfide) groups is 1. The minimum Gasteiger partial charge on any atom is -0.868 e. The summed E-state index contributed by atoms with van der Waals surface area (Å²) in [6.45, 7) is 0. The van der Waals surface area contributed by atoms with Gasteiger partial charge in [0.1, 0.15) is 10.7 Å². The van der Waals surface area contributed by atoms with Crippen LogP contribution in [0.2, 0.25) is 0 Å². The predicted molar refractivity (Wildman–Crippen MR) is 106 cm³/mol. The smallest absolute Gasteiger partial charge is 0.262 e. The minimum absolute atomic E-state index is 0.157. The first-order chi connectivity index (χ1) is 13.0. The molecular formula is C18H14N3O4S2-. The van der Waals surface area contributed by atoms with Gasteiger partial charge in [-0.3, -0.25) is 14.9 Å². The van der Waals surface area contributed by atoms with Gasteiger partial charge in [0.2, 0.25) is 0 Å². The van der Waals surface area contributed by atoms with E-state index in [1.165, 1.54) is 34.8 Å². The minimum atomic E-state index is -0.697. The zero-order valence-electron chi connectivity index (χ0n) is 14.3. The Morgan fingerprint density at radius 1 is 1.41 bits per heavy atom. The number of H-pyrrole nitrogens is 1. The average Bonchev–Trinajstić information content (AvgIpc) is 3.21. The van der Waals surface area contributed by atoms with Crippen LogP contribution in [0, 0.1) is 10.1 Å². The van der Waals surface area contributed by atoms with E-state index in [1.807, 2.05) is 6.26 Å². The van der Waals surface area contributed by atoms with Crippen LogP contribution in [-0.4, -0.2) is 21.1 Å². The van der Waals surface area contributed by atoms with Gasteiger partial charge >= 0.3 is 0 Å². The van der Waals surface area contributed by atoms with Gasteiger partial charge in [-0.15, -0.1) is 23.1 Å². The number of benzene rings is 1. The van der Waals surface area contributed by atoms with E-state index in [0.29, 0.717) is 21.7 Å². The van der Waals surface area contributed by atoms with E-state index in [2.05, 4.69) is 9.97 Å². The number of nitrogens with one attached hydrogen (secondary N) is 1. The molecule has 0 unspecified atom stereocenters. The molecule has 0 aliphatic heterocycles. The quantitative estimate of drug-likeness (QED) is 0.531. The molecule has 2 aromatic heterocycles. The highest BCUT2D eigenvalue weighted by atomic mass is 32.2. The lowest BCUT2D eigenvalue weighted by molar-refractivity contribution is -0.398. The molecule has 2 heterocycles. The first kappa shape index (κ1) is 17.7. The number of hydrogen-bond acceptors (Lipinski definition) is 7. The molecule has 1 aliphatic rings. The van der Waals surface area contributed by atoms with E-state index in [-0.39, 0.29) is 5.56 Å². The third-order valence-corrected chi connectivity index (χ3v) is 6.44. The zero-order valence-corrected chi connectivity index (χ0v) is 15.9. The van der Waals surface area contributed by atoms with Crippen LogP contribution in [0.15, 0.2) is 23.0 Å². The molecule has 0 spiro atoms. The fourth-order valence-electron chi connectivity index (χ4n) is 3.26. The maximum atomic E-state index is 12.6. The second-order valence-corrected chi connectivity index (χ2v) is 8.08. The molecule has 27 heavy (non-hydrogen) atoms. The van der Waals surface area contributed by atoms with Crippen LogP contribution in [0.4, 0.5) is 5.69 Å². The molecule has 1 aromatic carbocycles. The fourth-order valence-corrected chi connectivity index (χ4v) is 5.07. The van der Waals surface area contributed by atoms with Crippen molar-refractivity contribution >= 4 is 50.0 Å². The Balaban J connectivity index is 1.81. The van der Waals surface area contributed by atoms with Crippen LogP contribution in [0.25, 0.3) is 21.2 Å². The van der Waals surface area contributed by atoms with Crippen LogP contribution in [0.1, 0.15) is 28.2 Å². The number of rotatable bonds is 4. The van der Waals surface area contributed by atoms with E-state index in [1.54, 1.807) is 17.4 Å². The molecule has 0 bridgehead atoms. The lowest BCUT2D eigenvalue weighted by Gasteiger charge is -2.08. The van der Waals surface area contributed by atoms with Gasteiger partial charge in [0, 0.05) is 10.9 Å². The molecule has 7 nitrogen and oxygen atoms in total. The van der Waals surface area contributed by atoms with Crippen LogP contribution in [0.5, 0.6) is 5.75 Å². The number of hydrogen-bond donors (Lipinski definition) is 1. The molecule has 3 aromatic rings. The summed E-state index contributed by atoms with van der Waals surface area (Å²) in [5.41, 5.74) is 0.986. The van der Waals surface area contributed by atoms with Crippen molar-refractivity contribution in [3.63, 3.8) is 0 Å². The van der Waals surface area contributed by atoms with Crippen molar-refractivity contribution in [2.24, 2.45) is 0 Å². The highest BCUT2D eigenvalue weighted by Crippen LogP contribution is 2.36. The number of fused-ring (bicyclic) bond motifs is 3. The van der Waals surface area contributed by atoms with Crippen LogP contribution < -0.4 is 10.7 Å². The lowest BCUT2D eigenvalue weighted by Crippen LogP contribution is -2.11. The number of aromatic amines is 1. The average molecular weight is 400 g/mol. The normalized spacial score (nSPS) is 13.9. The van der Waals surface area contributed by atoms with Gasteiger partial charge in [-0.1, -0.05) is 12.1 Å². The Kier molecular flexibility index (Phi) is 4.48. The maximum Gasteiger partial charge on any atom is 0.262 e. The van der Waals surface area contributed by atoms with E-state index >= 15 is 0 Å². The number of aromatic nitrogens is 2. The number of thiophene rings is 1. The topological polar surface area (TPSA) is 112 Å². The largest absolute Gasteiger partial charge is 0.868 e. The summed E-state index contributed by atoms with van der Waals surface area (Å²) in [6, 6.07) is 3.92. The van der Waals surface area contributed by atoms with Gasteiger partial charge in [-0.05, 0) is 48.5 Å². The summed E-state index contributed by atoms with van der Waals surface area (Å²) in [6.07, 6.45) is 6.49. The van der Waals surface area contributed by atoms with E-state index in [0.717, 1.165) is 29.7 Å². The van der Waals surface area contributed by atoms with Crippen LogP contribution in [0.3, 0.4) is 0 Å². The molecule has 0 radical (unpaired) electrons. The summed E-state index contributed by atoms with van der Waals surface area (Å²) in [4.78, 5) is 33.0. The molecular weight excluding hydrogens is 386 g/mol. The second-order valence-electron chi connectivity index (χ2n) is 6.15. The van der Waals surface area contributed by atoms with Gasteiger partial charge in [0.05, 0.1) is 15.2 Å². The third-order valence-electron chi connectivity index (χ3n) is 4.51. The molecule has 0 atom stereocenters. The predicted octanol–water partition coefficient (Wildman–Crippen LogP) is 3.32. The van der Waals surface area contributed by atoms with E-state index in [9.17, 15) is 20.0 Å². The van der Waals surface area contributed by atoms with Crippen molar-refractivity contribution < 1.29 is 10.0 Å². The maximum absolute atomic E-state index is 12.6. The van der Waals surface area contributed by atoms with Gasteiger partial charge in [0.25, 0.3) is 11.2 Å². The molecule has 4 rings (SSSR count). The fraction of sp³-hybridized carbons (Fsp3) is 0.222. The summed E-state index contributed by atoms with van der Waals surface area (Å²) < 4.78 is 0. The number of aryl methyl sites for hydroxylation is 2. The van der Waals surface area contributed by atoms with Gasteiger partial charge in [-0.2, -0.15) is 0 Å². The molecule has 1 aliphatic carbocycles. The number of nitrogens with zero attached hydrogens (tertiary/aromatic N) is 2. The SMILES string of the molecule is CS/C(=C\c1ccc([O-])c([N+](=O)[O-])c1)c1nc2sc3c(c2c(=O)[nH]1)CCC3. The molecule has 1 N–H and O–H groups in total. The van der Waals surface area contributed by atoms with Crippen molar-refractivity contribution in [3.05, 3.63) is 60.5 Å². The van der Waals surface area contributed by atoms with E-state index < -0.39 is 16.4 Å². The van der Waals surface area contributed by atoms with Crippen LogP contribution >= 0.6 is 23.1 Å². The van der Waals surface area contributed by atoms with Gasteiger partial charge in [0.15, 0.2) is 0 Å². The zero-order chi connectivity index (χ0) is 19.1.